The van der Waals surface area contributed by atoms with Crippen molar-refractivity contribution in [2.24, 2.45) is 71.0 Å². The van der Waals surface area contributed by atoms with Gasteiger partial charge in [-0.05, 0) is 48.3 Å². The lowest BCUT2D eigenvalue weighted by Gasteiger charge is -2.20. The minimum Gasteiger partial charge on any atom is -0.469 e. The van der Waals surface area contributed by atoms with Crippen LogP contribution in [0.2, 0.25) is 0 Å². The van der Waals surface area contributed by atoms with Crippen molar-refractivity contribution in [3.05, 3.63) is 74.9 Å². The Bertz CT molecular complexity index is 1740. The highest BCUT2D eigenvalue weighted by Crippen LogP contribution is 2.45. The van der Waals surface area contributed by atoms with Crippen LogP contribution in [0.5, 0.6) is 0 Å². The second-order valence-electron chi connectivity index (χ2n) is 15.1. The van der Waals surface area contributed by atoms with E-state index in [4.69, 9.17) is 47.6 Å². The fourth-order valence-corrected chi connectivity index (χ4v) is 9.13. The van der Waals surface area contributed by atoms with E-state index >= 15 is 0 Å². The highest BCUT2D eigenvalue weighted by atomic mass is 16.6. The zero-order valence-corrected chi connectivity index (χ0v) is 37.4. The maximum absolute atomic E-state index is 12.4. The molecule has 18 heteroatoms. The summed E-state index contributed by atoms with van der Waals surface area (Å²) in [6.07, 6.45) is 14.4. The van der Waals surface area contributed by atoms with Gasteiger partial charge in [-0.25, -0.2) is 0 Å². The summed E-state index contributed by atoms with van der Waals surface area (Å²) in [5.74, 6) is -4.47. The number of ether oxygens (including phenoxy) is 8. The van der Waals surface area contributed by atoms with Crippen LogP contribution in [0.4, 0.5) is 0 Å². The topological polar surface area (TPSA) is 245 Å². The van der Waals surface area contributed by atoms with Crippen molar-refractivity contribution in [3.8, 4) is 0 Å². The molecule has 0 aromatic heterocycles. The monoisotopic (exact) mass is 900 g/mol. The third-order valence-electron chi connectivity index (χ3n) is 12.3. The Hall–Kier alpha value is -6.06. The van der Waals surface area contributed by atoms with Gasteiger partial charge in [-0.15, -0.1) is 26.3 Å². The summed E-state index contributed by atoms with van der Waals surface area (Å²) in [7, 11) is 7.94. The molecular formula is C46H60O18. The van der Waals surface area contributed by atoms with Crippen LogP contribution in [0.15, 0.2) is 74.9 Å². The number of hydrogen-bond acceptors (Lipinski definition) is 18. The molecule has 0 aromatic carbocycles. The zero-order valence-electron chi connectivity index (χ0n) is 37.4. The molecule has 18 nitrogen and oxygen atoms in total. The number of carbonyl (C=O) groups excluding carboxylic acids is 10. The molecule has 16 unspecified atom stereocenters. The van der Waals surface area contributed by atoms with E-state index in [9.17, 15) is 28.8 Å². The van der Waals surface area contributed by atoms with Gasteiger partial charge in [0.05, 0.1) is 78.9 Å². The minimum absolute atomic E-state index is 0.0412. The first-order valence-electron chi connectivity index (χ1n) is 20.1. The van der Waals surface area contributed by atoms with E-state index in [1.54, 1.807) is 18.2 Å². The summed E-state index contributed by atoms with van der Waals surface area (Å²) in [4.78, 5) is 104. The van der Waals surface area contributed by atoms with E-state index in [1.165, 1.54) is 48.7 Å². The summed E-state index contributed by atoms with van der Waals surface area (Å²) in [5.41, 5.74) is 0. The van der Waals surface area contributed by atoms with Crippen molar-refractivity contribution in [3.63, 3.8) is 0 Å². The van der Waals surface area contributed by atoms with Crippen LogP contribution < -0.4 is 0 Å². The van der Waals surface area contributed by atoms with Crippen molar-refractivity contribution in [1.29, 1.82) is 0 Å². The van der Waals surface area contributed by atoms with Crippen LogP contribution in [0.3, 0.4) is 0 Å². The van der Waals surface area contributed by atoms with Gasteiger partial charge in [0.1, 0.15) is 23.7 Å². The number of rotatable bonds is 12. The summed E-state index contributed by atoms with van der Waals surface area (Å²) in [5, 5.41) is 0. The molecule has 64 heavy (non-hydrogen) atoms. The van der Waals surface area contributed by atoms with Crippen molar-refractivity contribution < 1.29 is 85.8 Å². The number of carbonyl (C=O) groups is 6. The lowest BCUT2D eigenvalue weighted by Crippen LogP contribution is -2.37. The Labute approximate surface area is 373 Å². The molecule has 16 atom stereocenters. The normalized spacial score (nSPS) is 33.4. The van der Waals surface area contributed by atoms with E-state index < -0.39 is 59.8 Å². The van der Waals surface area contributed by atoms with Gasteiger partial charge >= 0.3 is 48.1 Å². The molecule has 0 amide bonds. The fraction of sp³-hybridized carbons (Fsp3) is 0.565. The molecule has 3 heterocycles. The SMILES string of the molecule is C=CC1CC(/C=C\C2OC(C=C)C(C(=O)OC)C2C(=O)OC)C(C(=O)OC)C1C.C=CC1CC(C=C)C(C(=O)OC)C1C.COC(=O)C1C2C=CC(O2)C1C(=O)OC.O=C=O.O=C=O. The smallest absolute Gasteiger partial charge is 0.373 e. The van der Waals surface area contributed by atoms with E-state index in [1.807, 2.05) is 31.2 Å². The van der Waals surface area contributed by atoms with Crippen molar-refractivity contribution >= 4 is 48.1 Å². The van der Waals surface area contributed by atoms with Gasteiger partial charge in [0.25, 0.3) is 0 Å². The third-order valence-corrected chi connectivity index (χ3v) is 12.3. The lowest BCUT2D eigenvalue weighted by atomic mass is 9.83. The van der Waals surface area contributed by atoms with Crippen LogP contribution in [0.25, 0.3) is 0 Å². The standard InChI is InChI=1S/C22H30O7.C12H18O2.C10H12O5.2CO2/c1-7-13-11-14(17(12(13)3)20(23)26-4)9-10-16-19(22(25)28-6)18(21(24)27-5)15(8-2)29-16;1-5-9-7-10(6-2)11(8(9)3)12(13)14-4;1-13-9(11)7-5-3-4-6(15-5)8(7)10(12)14-2;2*2-1-3/h7-10,12-19H,1-2,11H2,3-6H3;5-6,8-11H,1-2,7H2,3-4H3;3-8H,1-2H3;;/b10-9-;;;;. The fourth-order valence-electron chi connectivity index (χ4n) is 9.13. The molecule has 3 aliphatic heterocycles. The second kappa shape index (κ2) is 27.9. The van der Waals surface area contributed by atoms with E-state index in [0.717, 1.165) is 12.8 Å². The Morgan fingerprint density at radius 3 is 1.11 bits per heavy atom. The summed E-state index contributed by atoms with van der Waals surface area (Å²) < 4.78 is 40.2. The third kappa shape index (κ3) is 13.5. The summed E-state index contributed by atoms with van der Waals surface area (Å²) in [6.45, 7) is 19.2. The van der Waals surface area contributed by atoms with Gasteiger partial charge in [-0.2, -0.15) is 19.2 Å². The van der Waals surface area contributed by atoms with Gasteiger partial charge in [-0.3, -0.25) is 28.8 Å². The van der Waals surface area contributed by atoms with E-state index in [2.05, 4.69) is 42.7 Å². The quantitative estimate of drug-likeness (QED) is 0.155. The van der Waals surface area contributed by atoms with Crippen molar-refractivity contribution in [2.75, 3.05) is 42.7 Å². The van der Waals surface area contributed by atoms with Gasteiger partial charge in [0.2, 0.25) is 0 Å². The predicted octanol–water partition coefficient (Wildman–Crippen LogP) is 3.48. The Morgan fingerprint density at radius 1 is 0.453 bits per heavy atom. The Balaban J connectivity index is 0.000000489. The van der Waals surface area contributed by atoms with Crippen molar-refractivity contribution in [2.45, 2.75) is 51.1 Å². The van der Waals surface area contributed by atoms with Crippen LogP contribution in [0.1, 0.15) is 26.7 Å². The Morgan fingerprint density at radius 2 is 0.766 bits per heavy atom. The first-order chi connectivity index (χ1) is 30.5. The van der Waals surface area contributed by atoms with Crippen LogP contribution in [-0.2, 0) is 85.8 Å². The molecule has 4 fully saturated rings. The first-order valence-corrected chi connectivity index (χ1v) is 20.1. The summed E-state index contributed by atoms with van der Waals surface area (Å²) >= 11 is 0. The van der Waals surface area contributed by atoms with Crippen LogP contribution in [0, 0.1) is 71.0 Å². The molecule has 2 saturated heterocycles. The molecule has 2 bridgehead atoms. The van der Waals surface area contributed by atoms with Gasteiger partial charge in [-0.1, -0.05) is 62.5 Å². The Kier molecular flexibility index (Phi) is 24.4. The minimum atomic E-state index is -0.864. The second-order valence-corrected chi connectivity index (χ2v) is 15.1. The maximum atomic E-state index is 12.4. The largest absolute Gasteiger partial charge is 0.469 e. The number of esters is 6. The number of fused-ring (bicyclic) bond motifs is 2. The maximum Gasteiger partial charge on any atom is 0.373 e. The molecule has 0 N–H and O–H groups in total. The average molecular weight is 901 g/mol. The highest BCUT2D eigenvalue weighted by molar-refractivity contribution is 5.85. The molecule has 5 aliphatic rings. The molecule has 5 rings (SSSR count). The van der Waals surface area contributed by atoms with E-state index in [-0.39, 0.29) is 72.0 Å². The number of hydrogen-bond donors (Lipinski definition) is 0. The van der Waals surface area contributed by atoms with Crippen LogP contribution in [-0.4, -0.2) is 115 Å². The number of methoxy groups -OCH3 is 6. The summed E-state index contributed by atoms with van der Waals surface area (Å²) in [6, 6.07) is 0. The molecular weight excluding hydrogens is 840 g/mol. The molecule has 0 aromatic rings. The molecule has 2 aliphatic carbocycles. The van der Waals surface area contributed by atoms with Gasteiger partial charge in [0, 0.05) is 0 Å². The van der Waals surface area contributed by atoms with Crippen LogP contribution >= 0.6 is 0 Å². The molecule has 0 radical (unpaired) electrons. The van der Waals surface area contributed by atoms with Gasteiger partial charge in [0.15, 0.2) is 0 Å². The zero-order chi connectivity index (χ0) is 48.8. The molecule has 0 spiro atoms. The van der Waals surface area contributed by atoms with E-state index in [0.29, 0.717) is 11.8 Å². The first kappa shape index (κ1) is 56.0. The molecule has 2 saturated carbocycles. The molecule has 352 valence electrons. The van der Waals surface area contributed by atoms with Crippen molar-refractivity contribution in [1.82, 2.24) is 0 Å². The van der Waals surface area contributed by atoms with Gasteiger partial charge < -0.3 is 37.9 Å². The average Bonchev–Trinajstić information content (AvgIpc) is 4.14. The predicted molar refractivity (Wildman–Crippen MR) is 221 cm³/mol. The highest BCUT2D eigenvalue weighted by Gasteiger charge is 2.55. The number of allylic oxidation sites excluding steroid dienone is 4. The lowest BCUT2D eigenvalue weighted by molar-refractivity contribution is -0.193.